The summed E-state index contributed by atoms with van der Waals surface area (Å²) in [5, 5.41) is 5.64. The van der Waals surface area contributed by atoms with Crippen molar-refractivity contribution in [2.24, 2.45) is 5.92 Å². The molecule has 2 N–H and O–H groups in total. The van der Waals surface area contributed by atoms with Gasteiger partial charge in [0.2, 0.25) is 11.8 Å². The predicted molar refractivity (Wildman–Crippen MR) is 52.7 cm³/mol. The Bertz CT molecular complexity index is 230. The molecule has 80 valence electrons. The predicted octanol–water partition coefficient (Wildman–Crippen LogP) is -1.20. The molecule has 1 rings (SSSR count). The minimum atomic E-state index is -0.163. The Kier molecular flexibility index (Phi) is 3.88. The van der Waals surface area contributed by atoms with Crippen molar-refractivity contribution >= 4 is 11.8 Å². The highest BCUT2D eigenvalue weighted by molar-refractivity contribution is 5.89. The third kappa shape index (κ3) is 2.70. The minimum absolute atomic E-state index is 0.0228. The molecule has 1 unspecified atom stereocenters. The van der Waals surface area contributed by atoms with Crippen LogP contribution in [0.25, 0.3) is 0 Å². The Morgan fingerprint density at radius 3 is 2.93 bits per heavy atom. The fourth-order valence-corrected chi connectivity index (χ4v) is 1.48. The maximum absolute atomic E-state index is 11.7. The summed E-state index contributed by atoms with van der Waals surface area (Å²) in [5.41, 5.74) is 0. The van der Waals surface area contributed by atoms with Gasteiger partial charge in [0, 0.05) is 33.1 Å². The summed E-state index contributed by atoms with van der Waals surface area (Å²) >= 11 is 0. The van der Waals surface area contributed by atoms with E-state index in [2.05, 4.69) is 10.6 Å². The first-order valence-electron chi connectivity index (χ1n) is 4.81. The van der Waals surface area contributed by atoms with Crippen LogP contribution in [-0.2, 0) is 9.59 Å². The maximum Gasteiger partial charge on any atom is 0.227 e. The van der Waals surface area contributed by atoms with Crippen molar-refractivity contribution in [2.45, 2.75) is 6.42 Å². The number of amides is 2. The van der Waals surface area contributed by atoms with Crippen molar-refractivity contribution in [3.05, 3.63) is 0 Å². The second-order valence-corrected chi connectivity index (χ2v) is 3.57. The number of hydrogen-bond donors (Lipinski definition) is 2. The van der Waals surface area contributed by atoms with E-state index in [1.54, 1.807) is 11.9 Å². The molecule has 0 saturated carbocycles. The second-order valence-electron chi connectivity index (χ2n) is 3.57. The normalized spacial score (nSPS) is 20.7. The molecule has 0 bridgehead atoms. The van der Waals surface area contributed by atoms with Crippen LogP contribution in [0, 0.1) is 5.92 Å². The first kappa shape index (κ1) is 11.0. The van der Waals surface area contributed by atoms with E-state index in [4.69, 9.17) is 0 Å². The van der Waals surface area contributed by atoms with Gasteiger partial charge in [-0.15, -0.1) is 0 Å². The van der Waals surface area contributed by atoms with E-state index >= 15 is 0 Å². The van der Waals surface area contributed by atoms with Gasteiger partial charge in [-0.3, -0.25) is 9.59 Å². The molecular formula is C9H17N3O2. The number of hydrogen-bond acceptors (Lipinski definition) is 3. The Labute approximate surface area is 83.8 Å². The molecule has 0 spiro atoms. The summed E-state index contributed by atoms with van der Waals surface area (Å²) in [6, 6.07) is 0. The van der Waals surface area contributed by atoms with Crippen molar-refractivity contribution < 1.29 is 9.59 Å². The van der Waals surface area contributed by atoms with E-state index in [0.717, 1.165) is 6.54 Å². The third-order valence-electron chi connectivity index (χ3n) is 2.40. The van der Waals surface area contributed by atoms with Crippen molar-refractivity contribution in [3.63, 3.8) is 0 Å². The van der Waals surface area contributed by atoms with Crippen LogP contribution in [-0.4, -0.2) is 50.4 Å². The van der Waals surface area contributed by atoms with Crippen LogP contribution in [0.15, 0.2) is 0 Å². The number of likely N-dealkylation sites (N-methyl/N-ethyl adjacent to an activating group) is 2. The lowest BCUT2D eigenvalue weighted by Gasteiger charge is -2.19. The molecular weight excluding hydrogens is 182 g/mol. The fraction of sp³-hybridized carbons (Fsp3) is 0.778. The van der Waals surface area contributed by atoms with E-state index < -0.39 is 0 Å². The Morgan fingerprint density at radius 2 is 2.43 bits per heavy atom. The van der Waals surface area contributed by atoms with Crippen LogP contribution < -0.4 is 10.6 Å². The van der Waals surface area contributed by atoms with Gasteiger partial charge in [-0.1, -0.05) is 0 Å². The van der Waals surface area contributed by atoms with Crippen molar-refractivity contribution in [1.82, 2.24) is 15.5 Å². The lowest BCUT2D eigenvalue weighted by Crippen LogP contribution is -2.37. The molecule has 1 atom stereocenters. The minimum Gasteiger partial charge on any atom is -0.355 e. The standard InChI is InChI=1S/C9H17N3O2/c1-10-3-4-12(2)9(14)7-5-8(13)11-6-7/h7,10H,3-6H2,1-2H3,(H,11,13). The fourth-order valence-electron chi connectivity index (χ4n) is 1.48. The summed E-state index contributed by atoms with van der Waals surface area (Å²) in [6.07, 6.45) is 0.336. The molecule has 1 aliphatic heterocycles. The van der Waals surface area contributed by atoms with Gasteiger partial charge < -0.3 is 15.5 Å². The van der Waals surface area contributed by atoms with Gasteiger partial charge in [0.25, 0.3) is 0 Å². The lowest BCUT2D eigenvalue weighted by molar-refractivity contribution is -0.134. The first-order chi connectivity index (χ1) is 6.65. The highest BCUT2D eigenvalue weighted by Gasteiger charge is 2.29. The van der Waals surface area contributed by atoms with Crippen molar-refractivity contribution in [1.29, 1.82) is 0 Å². The number of rotatable bonds is 4. The van der Waals surface area contributed by atoms with Gasteiger partial charge in [-0.2, -0.15) is 0 Å². The molecule has 0 aromatic rings. The van der Waals surface area contributed by atoms with Gasteiger partial charge in [-0.05, 0) is 7.05 Å². The molecule has 0 radical (unpaired) electrons. The van der Waals surface area contributed by atoms with Crippen LogP contribution >= 0.6 is 0 Å². The zero-order valence-corrected chi connectivity index (χ0v) is 8.67. The summed E-state index contributed by atoms with van der Waals surface area (Å²) in [6.45, 7) is 1.94. The van der Waals surface area contributed by atoms with Crippen molar-refractivity contribution in [2.75, 3.05) is 33.7 Å². The summed E-state index contributed by atoms with van der Waals surface area (Å²) in [5.74, 6) is -0.131. The van der Waals surface area contributed by atoms with Crippen LogP contribution in [0.2, 0.25) is 0 Å². The van der Waals surface area contributed by atoms with E-state index in [1.807, 2.05) is 7.05 Å². The SMILES string of the molecule is CNCCN(C)C(=O)C1CNC(=O)C1. The van der Waals surface area contributed by atoms with Gasteiger partial charge in [0.05, 0.1) is 5.92 Å². The Hall–Kier alpha value is -1.10. The molecule has 5 heteroatoms. The third-order valence-corrected chi connectivity index (χ3v) is 2.40. The zero-order valence-electron chi connectivity index (χ0n) is 8.67. The molecule has 0 aliphatic carbocycles. The molecule has 0 aromatic heterocycles. The quantitative estimate of drug-likeness (QED) is 0.598. The molecule has 1 heterocycles. The van der Waals surface area contributed by atoms with Crippen LogP contribution in [0.4, 0.5) is 0 Å². The van der Waals surface area contributed by atoms with E-state index in [9.17, 15) is 9.59 Å². The molecule has 0 aromatic carbocycles. The van der Waals surface area contributed by atoms with Gasteiger partial charge in [0.1, 0.15) is 0 Å². The maximum atomic E-state index is 11.7. The number of carbonyl (C=O) groups is 2. The summed E-state index contributed by atoms with van der Waals surface area (Å²) in [7, 11) is 3.61. The molecule has 1 fully saturated rings. The second kappa shape index (κ2) is 4.95. The molecule has 1 saturated heterocycles. The van der Waals surface area contributed by atoms with Crippen molar-refractivity contribution in [3.8, 4) is 0 Å². The van der Waals surface area contributed by atoms with Crippen LogP contribution in [0.1, 0.15) is 6.42 Å². The first-order valence-corrected chi connectivity index (χ1v) is 4.81. The summed E-state index contributed by atoms with van der Waals surface area (Å²) < 4.78 is 0. The van der Waals surface area contributed by atoms with Crippen LogP contribution in [0.5, 0.6) is 0 Å². The smallest absolute Gasteiger partial charge is 0.227 e. The average molecular weight is 199 g/mol. The van der Waals surface area contributed by atoms with Gasteiger partial charge in [-0.25, -0.2) is 0 Å². The van der Waals surface area contributed by atoms with Crippen LogP contribution in [0.3, 0.4) is 0 Å². The highest BCUT2D eigenvalue weighted by atomic mass is 16.2. The Morgan fingerprint density at radius 1 is 1.71 bits per heavy atom. The molecule has 14 heavy (non-hydrogen) atoms. The zero-order chi connectivity index (χ0) is 10.6. The van der Waals surface area contributed by atoms with E-state index in [0.29, 0.717) is 19.5 Å². The lowest BCUT2D eigenvalue weighted by atomic mass is 10.1. The topological polar surface area (TPSA) is 61.4 Å². The summed E-state index contributed by atoms with van der Waals surface area (Å²) in [4.78, 5) is 24.3. The molecule has 5 nitrogen and oxygen atoms in total. The Balaban J connectivity index is 2.36. The van der Waals surface area contributed by atoms with Gasteiger partial charge in [0.15, 0.2) is 0 Å². The van der Waals surface area contributed by atoms with E-state index in [-0.39, 0.29) is 17.7 Å². The van der Waals surface area contributed by atoms with E-state index in [1.165, 1.54) is 0 Å². The largest absolute Gasteiger partial charge is 0.355 e. The number of nitrogens with zero attached hydrogens (tertiary/aromatic N) is 1. The number of carbonyl (C=O) groups excluding carboxylic acids is 2. The average Bonchev–Trinajstić information content (AvgIpc) is 2.60. The molecule has 2 amide bonds. The molecule has 1 aliphatic rings. The number of nitrogens with one attached hydrogen (secondary N) is 2. The van der Waals surface area contributed by atoms with Gasteiger partial charge >= 0.3 is 0 Å². The highest BCUT2D eigenvalue weighted by Crippen LogP contribution is 2.11. The monoisotopic (exact) mass is 199 g/mol.